The van der Waals surface area contributed by atoms with Crippen LogP contribution in [0, 0.1) is 6.92 Å². The van der Waals surface area contributed by atoms with Gasteiger partial charge in [0.25, 0.3) is 5.22 Å². The van der Waals surface area contributed by atoms with Crippen LogP contribution >= 0.6 is 11.8 Å². The molecule has 1 aliphatic rings. The van der Waals surface area contributed by atoms with E-state index in [-0.39, 0.29) is 29.2 Å². The minimum Gasteiger partial charge on any atom is -0.338 e. The molecule has 2 heterocycles. The summed E-state index contributed by atoms with van der Waals surface area (Å²) in [6.07, 6.45) is 1.29. The molecule has 1 atom stereocenters. The number of carbonyl (C=O) groups is 1. The van der Waals surface area contributed by atoms with Gasteiger partial charge < -0.3 is 9.42 Å². The zero-order valence-corrected chi connectivity index (χ0v) is 17.1. The number of amides is 1. The second kappa shape index (κ2) is 8.43. The molecule has 1 amide bonds. The van der Waals surface area contributed by atoms with E-state index in [0.29, 0.717) is 24.0 Å². The van der Waals surface area contributed by atoms with Crippen molar-refractivity contribution in [2.45, 2.75) is 38.0 Å². The van der Waals surface area contributed by atoms with Gasteiger partial charge in [-0.15, -0.1) is 0 Å². The molecule has 0 radical (unpaired) electrons. The van der Waals surface area contributed by atoms with Crippen molar-refractivity contribution in [1.82, 2.24) is 15.0 Å². The molecule has 1 fully saturated rings. The monoisotopic (exact) mass is 409 g/mol. The third-order valence-corrected chi connectivity index (χ3v) is 6.99. The van der Waals surface area contributed by atoms with Crippen molar-refractivity contribution in [3.05, 3.63) is 29.8 Å². The molecule has 0 bridgehead atoms. The molecular weight excluding hydrogens is 386 g/mol. The number of benzene rings is 1. The van der Waals surface area contributed by atoms with Gasteiger partial charge in [-0.05, 0) is 25.8 Å². The van der Waals surface area contributed by atoms with Gasteiger partial charge in [-0.3, -0.25) is 4.79 Å². The molecule has 0 unspecified atom stereocenters. The number of sulfone groups is 1. The van der Waals surface area contributed by atoms with Crippen LogP contribution in [0.3, 0.4) is 0 Å². The van der Waals surface area contributed by atoms with Crippen molar-refractivity contribution >= 4 is 27.5 Å². The van der Waals surface area contributed by atoms with Gasteiger partial charge in [0, 0.05) is 18.2 Å². The minimum atomic E-state index is -3.03. The first-order valence-corrected chi connectivity index (χ1v) is 11.7. The van der Waals surface area contributed by atoms with Gasteiger partial charge in [-0.1, -0.05) is 47.6 Å². The summed E-state index contributed by atoms with van der Waals surface area (Å²) in [6, 6.07) is 7.56. The Labute approximate surface area is 163 Å². The lowest BCUT2D eigenvalue weighted by Crippen LogP contribution is -2.42. The molecule has 1 saturated heterocycles. The Morgan fingerprint density at radius 2 is 2.22 bits per heavy atom. The van der Waals surface area contributed by atoms with E-state index >= 15 is 0 Å². The number of hydrogen-bond donors (Lipinski definition) is 0. The quantitative estimate of drug-likeness (QED) is 0.649. The average molecular weight is 410 g/mol. The maximum atomic E-state index is 12.6. The highest BCUT2D eigenvalue weighted by atomic mass is 32.2. The predicted molar refractivity (Wildman–Crippen MR) is 104 cm³/mol. The van der Waals surface area contributed by atoms with Gasteiger partial charge in [-0.2, -0.15) is 4.98 Å². The molecule has 0 saturated carbocycles. The van der Waals surface area contributed by atoms with Crippen molar-refractivity contribution in [3.8, 4) is 11.4 Å². The zero-order valence-electron chi connectivity index (χ0n) is 15.4. The highest BCUT2D eigenvalue weighted by molar-refractivity contribution is 7.99. The Kier molecular flexibility index (Phi) is 6.21. The summed E-state index contributed by atoms with van der Waals surface area (Å²) in [5.74, 6) is 0.746. The van der Waals surface area contributed by atoms with E-state index in [1.165, 1.54) is 11.8 Å². The highest BCUT2D eigenvalue weighted by Gasteiger charge is 2.34. The summed E-state index contributed by atoms with van der Waals surface area (Å²) in [4.78, 5) is 18.7. The average Bonchev–Trinajstić information content (AvgIpc) is 3.24. The first-order chi connectivity index (χ1) is 12.9. The Morgan fingerprint density at radius 1 is 1.41 bits per heavy atom. The third-order valence-electron chi connectivity index (χ3n) is 4.44. The Bertz CT molecular complexity index is 911. The summed E-state index contributed by atoms with van der Waals surface area (Å²) >= 11 is 1.18. The number of hydrogen-bond acceptors (Lipinski definition) is 7. The van der Waals surface area contributed by atoms with E-state index in [2.05, 4.69) is 10.1 Å². The molecule has 0 spiro atoms. The van der Waals surface area contributed by atoms with Crippen molar-refractivity contribution < 1.29 is 17.7 Å². The van der Waals surface area contributed by atoms with Gasteiger partial charge in [-0.25, -0.2) is 8.42 Å². The molecule has 3 rings (SSSR count). The van der Waals surface area contributed by atoms with E-state index in [9.17, 15) is 13.2 Å². The standard InChI is InChI=1S/C18H23N3O4S2/c1-3-8-21(15-7-9-27(23,24)12-15)16(22)11-26-18-19-17(20-25-18)14-6-4-5-13(2)10-14/h4-6,10,15H,3,7-9,11-12H2,1-2H3/t15-/m0/s1. The molecule has 27 heavy (non-hydrogen) atoms. The lowest BCUT2D eigenvalue weighted by molar-refractivity contribution is -0.130. The first-order valence-electron chi connectivity index (χ1n) is 8.91. The summed E-state index contributed by atoms with van der Waals surface area (Å²) in [7, 11) is -3.03. The number of thioether (sulfide) groups is 1. The Balaban J connectivity index is 1.62. The Morgan fingerprint density at radius 3 is 2.89 bits per heavy atom. The van der Waals surface area contributed by atoms with E-state index < -0.39 is 9.84 Å². The van der Waals surface area contributed by atoms with Crippen LogP contribution in [0.25, 0.3) is 11.4 Å². The fourth-order valence-electron chi connectivity index (χ4n) is 3.15. The number of nitrogens with zero attached hydrogens (tertiary/aromatic N) is 3. The van der Waals surface area contributed by atoms with E-state index in [0.717, 1.165) is 17.5 Å². The fraction of sp³-hybridized carbons (Fsp3) is 0.500. The van der Waals surface area contributed by atoms with Gasteiger partial charge in [0.1, 0.15) is 0 Å². The lowest BCUT2D eigenvalue weighted by atomic mass is 10.1. The van der Waals surface area contributed by atoms with Crippen LogP contribution in [0.1, 0.15) is 25.3 Å². The normalized spacial score (nSPS) is 18.5. The summed E-state index contributed by atoms with van der Waals surface area (Å²) in [5.41, 5.74) is 1.96. The van der Waals surface area contributed by atoms with E-state index in [1.54, 1.807) is 4.90 Å². The number of aromatic nitrogens is 2. The van der Waals surface area contributed by atoms with Crippen LogP contribution < -0.4 is 0 Å². The van der Waals surface area contributed by atoms with Crippen LogP contribution in [-0.4, -0.2) is 59.2 Å². The molecule has 1 aromatic heterocycles. The summed E-state index contributed by atoms with van der Waals surface area (Å²) < 4.78 is 28.7. The molecule has 1 aliphatic heterocycles. The highest BCUT2D eigenvalue weighted by Crippen LogP contribution is 2.24. The second-order valence-electron chi connectivity index (χ2n) is 6.69. The van der Waals surface area contributed by atoms with Crippen LogP contribution in [0.5, 0.6) is 0 Å². The summed E-state index contributed by atoms with van der Waals surface area (Å²) in [6.45, 7) is 4.52. The van der Waals surface area contributed by atoms with Crippen molar-refractivity contribution in [2.24, 2.45) is 0 Å². The maximum Gasteiger partial charge on any atom is 0.286 e. The number of carbonyl (C=O) groups excluding carboxylic acids is 1. The molecule has 2 aromatic rings. The molecule has 1 aromatic carbocycles. The van der Waals surface area contributed by atoms with E-state index in [4.69, 9.17) is 4.52 Å². The van der Waals surface area contributed by atoms with Crippen molar-refractivity contribution in [3.63, 3.8) is 0 Å². The largest absolute Gasteiger partial charge is 0.338 e. The zero-order chi connectivity index (χ0) is 19.4. The first kappa shape index (κ1) is 19.9. The van der Waals surface area contributed by atoms with Crippen molar-refractivity contribution in [1.29, 1.82) is 0 Å². The number of rotatable bonds is 7. The van der Waals surface area contributed by atoms with Crippen LogP contribution in [-0.2, 0) is 14.6 Å². The van der Waals surface area contributed by atoms with Crippen molar-refractivity contribution in [2.75, 3.05) is 23.8 Å². The van der Waals surface area contributed by atoms with Crippen LogP contribution in [0.2, 0.25) is 0 Å². The second-order valence-corrected chi connectivity index (χ2v) is 9.84. The predicted octanol–water partition coefficient (Wildman–Crippen LogP) is 2.56. The van der Waals surface area contributed by atoms with Crippen LogP contribution in [0.4, 0.5) is 0 Å². The molecule has 7 nitrogen and oxygen atoms in total. The smallest absolute Gasteiger partial charge is 0.286 e. The molecule has 146 valence electrons. The maximum absolute atomic E-state index is 12.6. The lowest BCUT2D eigenvalue weighted by Gasteiger charge is -2.27. The van der Waals surface area contributed by atoms with Gasteiger partial charge >= 0.3 is 0 Å². The SMILES string of the molecule is CCCN(C(=O)CSc1nc(-c2cccc(C)c2)no1)[C@H]1CCS(=O)(=O)C1. The topological polar surface area (TPSA) is 93.4 Å². The van der Waals surface area contributed by atoms with Gasteiger partial charge in [0.15, 0.2) is 9.84 Å². The minimum absolute atomic E-state index is 0.0570. The molecular formula is C18H23N3O4S2. The third kappa shape index (κ3) is 5.10. The number of aryl methyl sites for hydroxylation is 1. The molecule has 0 aliphatic carbocycles. The fourth-order valence-corrected chi connectivity index (χ4v) is 5.53. The van der Waals surface area contributed by atoms with Crippen LogP contribution in [0.15, 0.2) is 34.0 Å². The van der Waals surface area contributed by atoms with E-state index in [1.807, 2.05) is 38.1 Å². The molecule has 0 N–H and O–H groups in total. The molecule has 9 heteroatoms. The summed E-state index contributed by atoms with van der Waals surface area (Å²) in [5, 5.41) is 4.30. The Hall–Kier alpha value is -1.87. The van der Waals surface area contributed by atoms with Gasteiger partial charge in [0.05, 0.1) is 17.3 Å². The van der Waals surface area contributed by atoms with Gasteiger partial charge in [0.2, 0.25) is 11.7 Å².